The molecule has 3 heteroatoms. The Kier molecular flexibility index (Phi) is 6.58. The molecule has 0 amide bonds. The van der Waals surface area contributed by atoms with Crippen molar-refractivity contribution in [2.75, 3.05) is 0 Å². The standard InChI is InChI=1S/C13H22ClNO/c1-3-5-7-11(6-4-2)15-10-12-8-9-13(14)16-12/h8-9,11,15H,3-7,10H2,1-2H3. The monoisotopic (exact) mass is 243 g/mol. The van der Waals surface area contributed by atoms with Gasteiger partial charge in [-0.1, -0.05) is 33.1 Å². The van der Waals surface area contributed by atoms with Gasteiger partial charge in [-0.25, -0.2) is 0 Å². The van der Waals surface area contributed by atoms with Crippen LogP contribution in [0.15, 0.2) is 16.5 Å². The third-order valence-electron chi connectivity index (χ3n) is 2.74. The second-order valence-electron chi connectivity index (χ2n) is 4.21. The van der Waals surface area contributed by atoms with Crippen LogP contribution in [0.25, 0.3) is 0 Å². The largest absolute Gasteiger partial charge is 0.448 e. The number of hydrogen-bond acceptors (Lipinski definition) is 2. The molecule has 1 aromatic rings. The number of furan rings is 1. The summed E-state index contributed by atoms with van der Waals surface area (Å²) < 4.78 is 5.32. The Morgan fingerprint density at radius 2 is 2.06 bits per heavy atom. The summed E-state index contributed by atoms with van der Waals surface area (Å²) in [6.45, 7) is 5.24. The van der Waals surface area contributed by atoms with Crippen LogP contribution in [-0.2, 0) is 6.54 Å². The maximum absolute atomic E-state index is 5.73. The molecule has 0 aliphatic carbocycles. The maximum atomic E-state index is 5.73. The van der Waals surface area contributed by atoms with Gasteiger partial charge >= 0.3 is 0 Å². The topological polar surface area (TPSA) is 25.2 Å². The van der Waals surface area contributed by atoms with Crippen LogP contribution in [0.1, 0.15) is 51.7 Å². The molecule has 0 spiro atoms. The molecule has 16 heavy (non-hydrogen) atoms. The fourth-order valence-electron chi connectivity index (χ4n) is 1.84. The van der Waals surface area contributed by atoms with E-state index in [-0.39, 0.29) is 0 Å². The van der Waals surface area contributed by atoms with Gasteiger partial charge in [0.2, 0.25) is 0 Å². The molecule has 1 aromatic heterocycles. The normalized spacial score (nSPS) is 12.9. The predicted molar refractivity (Wildman–Crippen MR) is 68.8 cm³/mol. The van der Waals surface area contributed by atoms with E-state index in [1.165, 1.54) is 32.1 Å². The molecule has 0 saturated heterocycles. The summed E-state index contributed by atoms with van der Waals surface area (Å²) in [5.41, 5.74) is 0. The van der Waals surface area contributed by atoms with Crippen molar-refractivity contribution >= 4 is 11.6 Å². The third kappa shape index (κ3) is 5.04. The highest BCUT2D eigenvalue weighted by Gasteiger charge is 2.07. The van der Waals surface area contributed by atoms with Crippen molar-refractivity contribution in [1.82, 2.24) is 5.32 Å². The van der Waals surface area contributed by atoms with Gasteiger partial charge in [-0.2, -0.15) is 0 Å². The molecule has 92 valence electrons. The molecule has 1 rings (SSSR count). The molecular weight excluding hydrogens is 222 g/mol. The molecule has 0 radical (unpaired) electrons. The summed E-state index contributed by atoms with van der Waals surface area (Å²) in [6, 6.07) is 4.33. The highest BCUT2D eigenvalue weighted by atomic mass is 35.5. The summed E-state index contributed by atoms with van der Waals surface area (Å²) in [4.78, 5) is 0. The molecule has 1 heterocycles. The Balaban J connectivity index is 2.30. The maximum Gasteiger partial charge on any atom is 0.193 e. The van der Waals surface area contributed by atoms with Crippen LogP contribution in [0.2, 0.25) is 5.22 Å². The molecule has 0 bridgehead atoms. The number of rotatable bonds is 8. The number of hydrogen-bond donors (Lipinski definition) is 1. The molecule has 2 nitrogen and oxygen atoms in total. The Morgan fingerprint density at radius 1 is 1.25 bits per heavy atom. The van der Waals surface area contributed by atoms with E-state index in [0.717, 1.165) is 12.3 Å². The van der Waals surface area contributed by atoms with Gasteiger partial charge < -0.3 is 9.73 Å². The first-order chi connectivity index (χ1) is 7.76. The Labute approximate surface area is 103 Å². The summed E-state index contributed by atoms with van der Waals surface area (Å²) >= 11 is 5.73. The minimum Gasteiger partial charge on any atom is -0.448 e. The van der Waals surface area contributed by atoms with E-state index in [1.807, 2.05) is 6.07 Å². The zero-order chi connectivity index (χ0) is 11.8. The van der Waals surface area contributed by atoms with E-state index < -0.39 is 0 Å². The summed E-state index contributed by atoms with van der Waals surface area (Å²) in [6.07, 6.45) is 6.25. The van der Waals surface area contributed by atoms with Crippen molar-refractivity contribution < 1.29 is 4.42 Å². The van der Waals surface area contributed by atoms with E-state index in [9.17, 15) is 0 Å². The molecule has 0 aliphatic heterocycles. The molecule has 0 aromatic carbocycles. The molecule has 0 fully saturated rings. The van der Waals surface area contributed by atoms with Crippen molar-refractivity contribution in [2.45, 2.75) is 58.5 Å². The van der Waals surface area contributed by atoms with Crippen LogP contribution in [0.5, 0.6) is 0 Å². The van der Waals surface area contributed by atoms with Gasteiger partial charge in [0, 0.05) is 6.04 Å². The molecular formula is C13H22ClNO. The first-order valence-electron chi connectivity index (χ1n) is 6.23. The van der Waals surface area contributed by atoms with E-state index in [0.29, 0.717) is 11.3 Å². The predicted octanol–water partition coefficient (Wildman–Crippen LogP) is 4.38. The van der Waals surface area contributed by atoms with Gasteiger partial charge in [0.05, 0.1) is 6.54 Å². The molecule has 1 atom stereocenters. The summed E-state index contributed by atoms with van der Waals surface area (Å²) in [5.74, 6) is 0.919. The number of halogens is 1. The van der Waals surface area contributed by atoms with Crippen molar-refractivity contribution in [3.05, 3.63) is 23.1 Å². The average Bonchev–Trinajstić information content (AvgIpc) is 2.68. The van der Waals surface area contributed by atoms with Crippen LogP contribution in [0.4, 0.5) is 0 Å². The lowest BCUT2D eigenvalue weighted by Crippen LogP contribution is -2.28. The minimum atomic E-state index is 0.470. The van der Waals surface area contributed by atoms with E-state index in [2.05, 4.69) is 19.2 Å². The van der Waals surface area contributed by atoms with Crippen LogP contribution < -0.4 is 5.32 Å². The van der Waals surface area contributed by atoms with Gasteiger partial charge in [0.1, 0.15) is 5.76 Å². The second kappa shape index (κ2) is 7.75. The first-order valence-corrected chi connectivity index (χ1v) is 6.61. The van der Waals surface area contributed by atoms with Crippen LogP contribution in [0, 0.1) is 0 Å². The van der Waals surface area contributed by atoms with Gasteiger partial charge in [0.15, 0.2) is 5.22 Å². The zero-order valence-electron chi connectivity index (χ0n) is 10.3. The van der Waals surface area contributed by atoms with Crippen LogP contribution in [0.3, 0.4) is 0 Å². The Bertz CT molecular complexity index is 285. The van der Waals surface area contributed by atoms with Gasteiger partial charge in [-0.05, 0) is 36.6 Å². The fraction of sp³-hybridized carbons (Fsp3) is 0.692. The van der Waals surface area contributed by atoms with Gasteiger partial charge in [0.25, 0.3) is 0 Å². The van der Waals surface area contributed by atoms with Crippen molar-refractivity contribution in [3.8, 4) is 0 Å². The molecule has 1 N–H and O–H groups in total. The molecule has 0 saturated carbocycles. The van der Waals surface area contributed by atoms with E-state index in [1.54, 1.807) is 6.07 Å². The SMILES string of the molecule is CCCCC(CCC)NCc1ccc(Cl)o1. The third-order valence-corrected chi connectivity index (χ3v) is 2.94. The van der Waals surface area contributed by atoms with Crippen LogP contribution >= 0.6 is 11.6 Å². The second-order valence-corrected chi connectivity index (χ2v) is 4.59. The Hall–Kier alpha value is -0.470. The highest BCUT2D eigenvalue weighted by molar-refractivity contribution is 6.28. The number of nitrogens with one attached hydrogen (secondary N) is 1. The van der Waals surface area contributed by atoms with Crippen LogP contribution in [-0.4, -0.2) is 6.04 Å². The first kappa shape index (κ1) is 13.6. The average molecular weight is 244 g/mol. The molecule has 0 aliphatic rings. The van der Waals surface area contributed by atoms with Gasteiger partial charge in [-0.3, -0.25) is 0 Å². The van der Waals surface area contributed by atoms with Gasteiger partial charge in [-0.15, -0.1) is 0 Å². The molecule has 1 unspecified atom stereocenters. The van der Waals surface area contributed by atoms with Crippen molar-refractivity contribution in [3.63, 3.8) is 0 Å². The highest BCUT2D eigenvalue weighted by Crippen LogP contribution is 2.14. The van der Waals surface area contributed by atoms with E-state index in [4.69, 9.17) is 16.0 Å². The van der Waals surface area contributed by atoms with E-state index >= 15 is 0 Å². The van der Waals surface area contributed by atoms with Crippen molar-refractivity contribution in [2.24, 2.45) is 0 Å². The minimum absolute atomic E-state index is 0.470. The lowest BCUT2D eigenvalue weighted by molar-refractivity contribution is 0.402. The van der Waals surface area contributed by atoms with Crippen molar-refractivity contribution in [1.29, 1.82) is 0 Å². The Morgan fingerprint density at radius 3 is 2.62 bits per heavy atom. The fourth-order valence-corrected chi connectivity index (χ4v) is 2.00. The quantitative estimate of drug-likeness (QED) is 0.733. The summed E-state index contributed by atoms with van der Waals surface area (Å²) in [5, 5.41) is 4.00. The smallest absolute Gasteiger partial charge is 0.193 e. The zero-order valence-corrected chi connectivity index (χ0v) is 11.0. The lowest BCUT2D eigenvalue weighted by atomic mass is 10.1. The number of unbranched alkanes of at least 4 members (excludes halogenated alkanes) is 1. The summed E-state index contributed by atoms with van der Waals surface area (Å²) in [7, 11) is 0. The lowest BCUT2D eigenvalue weighted by Gasteiger charge is -2.16.